The third-order valence-electron chi connectivity index (χ3n) is 5.28. The van der Waals surface area contributed by atoms with Gasteiger partial charge in [-0.25, -0.2) is 18.2 Å². The molecule has 1 saturated heterocycles. The van der Waals surface area contributed by atoms with Crippen LogP contribution in [-0.4, -0.2) is 38.9 Å². The number of hydrogen-bond donors (Lipinski definition) is 1. The van der Waals surface area contributed by atoms with Crippen LogP contribution in [0.4, 0.5) is 32.2 Å². The highest BCUT2D eigenvalue weighted by Crippen LogP contribution is 2.40. The highest BCUT2D eigenvalue weighted by atomic mass is 19.4. The van der Waals surface area contributed by atoms with Crippen LogP contribution in [0, 0.1) is 11.8 Å². The van der Waals surface area contributed by atoms with Crippen molar-refractivity contribution in [1.82, 2.24) is 19.8 Å². The molecule has 29 heavy (non-hydrogen) atoms. The van der Waals surface area contributed by atoms with Gasteiger partial charge in [-0.1, -0.05) is 0 Å². The Kier molecular flexibility index (Phi) is 4.75. The first-order valence-corrected chi connectivity index (χ1v) is 8.86. The Bertz CT molecular complexity index is 996. The summed E-state index contributed by atoms with van der Waals surface area (Å²) in [4.78, 5) is 5.11. The van der Waals surface area contributed by atoms with Crippen LogP contribution >= 0.6 is 0 Å². The predicted octanol–water partition coefficient (Wildman–Crippen LogP) is 3.32. The molecule has 0 amide bonds. The molecule has 1 fully saturated rings. The van der Waals surface area contributed by atoms with Gasteiger partial charge in [0, 0.05) is 37.5 Å². The van der Waals surface area contributed by atoms with Crippen molar-refractivity contribution in [3.8, 4) is 0 Å². The monoisotopic (exact) mass is 418 g/mol. The fraction of sp³-hybridized carbons (Fsp3) is 0.471. The minimum Gasteiger partial charge on any atom is -0.354 e. The number of alkyl halides is 3. The summed E-state index contributed by atoms with van der Waals surface area (Å²) in [7, 11) is 0. The lowest BCUT2D eigenvalue weighted by Gasteiger charge is -2.40. The van der Waals surface area contributed by atoms with Crippen LogP contribution < -0.4 is 10.6 Å². The van der Waals surface area contributed by atoms with Crippen molar-refractivity contribution in [2.24, 2.45) is 17.6 Å². The number of rotatable bonds is 2. The number of halogens is 6. The van der Waals surface area contributed by atoms with Crippen molar-refractivity contribution in [3.05, 3.63) is 41.5 Å². The van der Waals surface area contributed by atoms with E-state index in [0.29, 0.717) is 24.9 Å². The van der Waals surface area contributed by atoms with E-state index in [1.807, 2.05) is 0 Å². The van der Waals surface area contributed by atoms with E-state index in [1.54, 1.807) is 4.90 Å². The first kappa shape index (κ1) is 19.7. The summed E-state index contributed by atoms with van der Waals surface area (Å²) >= 11 is 0. The second-order valence-electron chi connectivity index (χ2n) is 7.13. The standard InChI is InChI=1S/C17H16F6N6/c18-10-6-12(20)11(19)5-9(10)8-3-4-28(7-13(8)24)15-2-1-14-25-16(17(21,22)23)27-29(14)26-15/h1-2,6,8-9,13H,3-5,7,24H2/t8-,9?,13?/m1/s1. The zero-order valence-electron chi connectivity index (χ0n) is 14.9. The number of anilines is 1. The van der Waals surface area contributed by atoms with E-state index >= 15 is 0 Å². The van der Waals surface area contributed by atoms with Crippen LogP contribution in [0.25, 0.3) is 5.65 Å². The van der Waals surface area contributed by atoms with E-state index in [9.17, 15) is 26.3 Å². The first-order valence-electron chi connectivity index (χ1n) is 8.86. The molecular formula is C17H16F6N6. The molecule has 3 heterocycles. The lowest BCUT2D eigenvalue weighted by Crippen LogP contribution is -2.51. The lowest BCUT2D eigenvalue weighted by atomic mass is 9.77. The SMILES string of the molecule is NC1CN(c2ccc3nc(C(F)(F)F)nn3n2)CC[C@@H]1C1CC(F)=C(F)C=C1F. The van der Waals surface area contributed by atoms with Crippen molar-refractivity contribution < 1.29 is 26.3 Å². The van der Waals surface area contributed by atoms with Crippen LogP contribution in [0.1, 0.15) is 18.7 Å². The molecule has 6 nitrogen and oxygen atoms in total. The summed E-state index contributed by atoms with van der Waals surface area (Å²) in [5, 5.41) is 7.40. The first-order chi connectivity index (χ1) is 13.6. The quantitative estimate of drug-likeness (QED) is 0.758. The zero-order chi connectivity index (χ0) is 20.9. The second kappa shape index (κ2) is 7.01. The Labute approximate surface area is 160 Å². The Balaban J connectivity index is 1.51. The molecule has 0 saturated carbocycles. The van der Waals surface area contributed by atoms with Crippen LogP contribution in [-0.2, 0) is 6.18 Å². The Morgan fingerprint density at radius 2 is 1.86 bits per heavy atom. The molecule has 156 valence electrons. The molecule has 0 spiro atoms. The van der Waals surface area contributed by atoms with Gasteiger partial charge in [0.1, 0.15) is 11.7 Å². The number of nitrogens with two attached hydrogens (primary N) is 1. The smallest absolute Gasteiger partial charge is 0.354 e. The summed E-state index contributed by atoms with van der Waals surface area (Å²) < 4.78 is 80.0. The third-order valence-corrected chi connectivity index (χ3v) is 5.28. The highest BCUT2D eigenvalue weighted by Gasteiger charge is 2.39. The molecule has 2 aliphatic rings. The number of aromatic nitrogens is 4. The lowest BCUT2D eigenvalue weighted by molar-refractivity contribution is -0.144. The Hall–Kier alpha value is -2.63. The molecule has 1 aliphatic carbocycles. The summed E-state index contributed by atoms with van der Waals surface area (Å²) in [6, 6.07) is 2.28. The molecule has 2 N–H and O–H groups in total. The predicted molar refractivity (Wildman–Crippen MR) is 90.6 cm³/mol. The summed E-state index contributed by atoms with van der Waals surface area (Å²) in [5.41, 5.74) is 6.12. The number of piperidine rings is 1. The van der Waals surface area contributed by atoms with Crippen LogP contribution in [0.5, 0.6) is 0 Å². The van der Waals surface area contributed by atoms with Gasteiger partial charge in [0.2, 0.25) is 0 Å². The van der Waals surface area contributed by atoms with Crippen molar-refractivity contribution >= 4 is 11.5 Å². The fourth-order valence-electron chi connectivity index (χ4n) is 3.82. The molecule has 12 heteroatoms. The maximum Gasteiger partial charge on any atom is 0.453 e. The van der Waals surface area contributed by atoms with E-state index in [4.69, 9.17) is 5.73 Å². The van der Waals surface area contributed by atoms with Gasteiger partial charge in [0.15, 0.2) is 17.3 Å². The maximum absolute atomic E-state index is 14.2. The molecule has 2 aromatic heterocycles. The molecule has 3 atom stereocenters. The van der Waals surface area contributed by atoms with Crippen molar-refractivity contribution in [1.29, 1.82) is 0 Å². The Morgan fingerprint density at radius 1 is 1.10 bits per heavy atom. The molecule has 2 aromatic rings. The molecule has 2 unspecified atom stereocenters. The topological polar surface area (TPSA) is 72.3 Å². The van der Waals surface area contributed by atoms with Gasteiger partial charge >= 0.3 is 6.18 Å². The average molecular weight is 418 g/mol. The fourth-order valence-corrected chi connectivity index (χ4v) is 3.82. The summed E-state index contributed by atoms with van der Waals surface area (Å²) in [5.74, 6) is -5.14. The van der Waals surface area contributed by atoms with Crippen LogP contribution in [0.15, 0.2) is 35.7 Å². The van der Waals surface area contributed by atoms with Gasteiger partial charge in [0.25, 0.3) is 5.82 Å². The number of nitrogens with zero attached hydrogens (tertiary/aromatic N) is 5. The van der Waals surface area contributed by atoms with Gasteiger partial charge in [-0.15, -0.1) is 14.8 Å². The van der Waals surface area contributed by atoms with Crippen LogP contribution in [0.3, 0.4) is 0 Å². The summed E-state index contributed by atoms with van der Waals surface area (Å²) in [6.45, 7) is 0.594. The van der Waals surface area contributed by atoms with E-state index < -0.39 is 47.4 Å². The minimum atomic E-state index is -4.69. The van der Waals surface area contributed by atoms with Gasteiger partial charge < -0.3 is 10.6 Å². The minimum absolute atomic E-state index is 0.0565. The Morgan fingerprint density at radius 3 is 2.55 bits per heavy atom. The molecular weight excluding hydrogens is 402 g/mol. The molecule has 0 bridgehead atoms. The molecule has 0 aromatic carbocycles. The van der Waals surface area contributed by atoms with Gasteiger partial charge in [-0.3, -0.25) is 0 Å². The van der Waals surface area contributed by atoms with E-state index in [0.717, 1.165) is 4.63 Å². The zero-order valence-corrected chi connectivity index (χ0v) is 14.9. The third kappa shape index (κ3) is 3.68. The number of allylic oxidation sites excluding steroid dienone is 4. The maximum atomic E-state index is 14.2. The van der Waals surface area contributed by atoms with Crippen LogP contribution in [0.2, 0.25) is 0 Å². The second-order valence-corrected chi connectivity index (χ2v) is 7.13. The molecule has 0 radical (unpaired) electrons. The van der Waals surface area contributed by atoms with Crippen molar-refractivity contribution in [2.45, 2.75) is 25.1 Å². The van der Waals surface area contributed by atoms with Gasteiger partial charge in [0.05, 0.1) is 0 Å². The highest BCUT2D eigenvalue weighted by molar-refractivity contribution is 5.46. The van der Waals surface area contributed by atoms with Gasteiger partial charge in [-0.05, 0) is 24.5 Å². The average Bonchev–Trinajstić information content (AvgIpc) is 3.09. The van der Waals surface area contributed by atoms with E-state index in [2.05, 4.69) is 15.2 Å². The largest absolute Gasteiger partial charge is 0.453 e. The summed E-state index contributed by atoms with van der Waals surface area (Å²) in [6.07, 6.45) is -4.13. The number of fused-ring (bicyclic) bond motifs is 1. The molecule has 1 aliphatic heterocycles. The number of hydrogen-bond acceptors (Lipinski definition) is 5. The van der Waals surface area contributed by atoms with Crippen molar-refractivity contribution in [2.75, 3.05) is 18.0 Å². The normalized spacial score (nSPS) is 26.2. The van der Waals surface area contributed by atoms with Crippen molar-refractivity contribution in [3.63, 3.8) is 0 Å². The van der Waals surface area contributed by atoms with Gasteiger partial charge in [-0.2, -0.15) is 13.2 Å². The van der Waals surface area contributed by atoms with E-state index in [-0.39, 0.29) is 18.6 Å². The van der Waals surface area contributed by atoms with E-state index in [1.165, 1.54) is 12.1 Å². The molecule has 4 rings (SSSR count).